The van der Waals surface area contributed by atoms with Crippen molar-refractivity contribution in [1.82, 2.24) is 9.97 Å². The summed E-state index contributed by atoms with van der Waals surface area (Å²) in [5.41, 5.74) is -0.212. The van der Waals surface area contributed by atoms with Gasteiger partial charge in [-0.25, -0.2) is 9.78 Å². The minimum Gasteiger partial charge on any atom is -0.497 e. The van der Waals surface area contributed by atoms with Gasteiger partial charge in [-0.15, -0.1) is 0 Å². The van der Waals surface area contributed by atoms with Crippen molar-refractivity contribution in [2.75, 3.05) is 12.9 Å². The Morgan fingerprint density at radius 3 is 2.95 bits per heavy atom. The van der Waals surface area contributed by atoms with Gasteiger partial charge in [0, 0.05) is 11.8 Å². The molecule has 1 unspecified atom stereocenters. The Bertz CT molecular complexity index is 609. The molecule has 0 aliphatic rings. The third-order valence-electron chi connectivity index (χ3n) is 2.62. The summed E-state index contributed by atoms with van der Waals surface area (Å²) in [6.07, 6.45) is 0. The van der Waals surface area contributed by atoms with Crippen molar-refractivity contribution in [2.24, 2.45) is 0 Å². The number of nitrogens with zero attached hydrogens (tertiary/aromatic N) is 1. The van der Waals surface area contributed by atoms with E-state index in [1.165, 1.54) is 6.92 Å². The highest BCUT2D eigenvalue weighted by Gasteiger charge is 2.30. The number of methoxy groups -OCH3 is 1. The number of hydrogen-bond acceptors (Lipinski definition) is 5. The van der Waals surface area contributed by atoms with E-state index in [2.05, 4.69) is 9.97 Å². The first-order valence-corrected chi connectivity index (χ1v) is 6.53. The van der Waals surface area contributed by atoms with Gasteiger partial charge in [0.1, 0.15) is 5.75 Å². The Kier molecular flexibility index (Phi) is 3.68. The van der Waals surface area contributed by atoms with Crippen LogP contribution in [0.15, 0.2) is 23.4 Å². The fourth-order valence-electron chi connectivity index (χ4n) is 1.43. The van der Waals surface area contributed by atoms with Gasteiger partial charge in [-0.05, 0) is 19.1 Å². The van der Waals surface area contributed by atoms with Crippen molar-refractivity contribution < 1.29 is 19.7 Å². The number of H-pyrrole nitrogens is 1. The molecule has 6 nitrogen and oxygen atoms in total. The first-order valence-electron chi connectivity index (χ1n) is 5.55. The molecule has 0 radical (unpaired) electrons. The molecule has 2 rings (SSSR count). The van der Waals surface area contributed by atoms with Crippen molar-refractivity contribution >= 4 is 28.8 Å². The highest BCUT2D eigenvalue weighted by Crippen LogP contribution is 2.25. The van der Waals surface area contributed by atoms with E-state index >= 15 is 0 Å². The van der Waals surface area contributed by atoms with Crippen molar-refractivity contribution in [3.8, 4) is 5.75 Å². The monoisotopic (exact) mass is 282 g/mol. The maximum atomic E-state index is 10.8. The average molecular weight is 282 g/mol. The van der Waals surface area contributed by atoms with Crippen LogP contribution in [0.2, 0.25) is 0 Å². The molecular weight excluding hydrogens is 268 g/mol. The molecule has 0 saturated heterocycles. The lowest BCUT2D eigenvalue weighted by Gasteiger charge is -2.15. The third kappa shape index (κ3) is 2.99. The Labute approximate surface area is 113 Å². The number of ether oxygens (including phenoxy) is 1. The molecule has 1 heterocycles. The van der Waals surface area contributed by atoms with Gasteiger partial charge >= 0.3 is 5.97 Å². The summed E-state index contributed by atoms with van der Waals surface area (Å²) in [6, 6.07) is 5.41. The lowest BCUT2D eigenvalue weighted by Crippen LogP contribution is -2.37. The van der Waals surface area contributed by atoms with Gasteiger partial charge in [-0.3, -0.25) is 0 Å². The summed E-state index contributed by atoms with van der Waals surface area (Å²) in [5.74, 6) is -0.526. The molecule has 1 atom stereocenters. The smallest absolute Gasteiger partial charge is 0.336 e. The number of aliphatic carboxylic acids is 1. The number of aromatic amines is 1. The Morgan fingerprint density at radius 2 is 2.32 bits per heavy atom. The highest BCUT2D eigenvalue weighted by atomic mass is 32.2. The molecule has 0 fully saturated rings. The van der Waals surface area contributed by atoms with Crippen LogP contribution in [-0.2, 0) is 4.79 Å². The summed E-state index contributed by atoms with van der Waals surface area (Å²) in [6.45, 7) is 1.26. The molecule has 0 aliphatic heterocycles. The second-order valence-electron chi connectivity index (χ2n) is 4.29. The fraction of sp³-hybridized carbons (Fsp3) is 0.333. The molecule has 1 aromatic heterocycles. The van der Waals surface area contributed by atoms with Gasteiger partial charge < -0.3 is 19.9 Å². The summed E-state index contributed by atoms with van der Waals surface area (Å²) < 4.78 is 5.10. The predicted octanol–water partition coefficient (Wildman–Crippen LogP) is 1.50. The number of fused-ring (bicyclic) bond motifs is 1. The van der Waals surface area contributed by atoms with E-state index in [0.717, 1.165) is 22.8 Å². The Hall–Kier alpha value is -1.73. The molecule has 0 saturated carbocycles. The number of aliphatic hydroxyl groups is 1. The molecule has 0 aliphatic carbocycles. The average Bonchev–Trinajstić information content (AvgIpc) is 2.77. The number of aromatic nitrogens is 2. The normalized spacial score (nSPS) is 14.3. The zero-order valence-electron chi connectivity index (χ0n) is 10.5. The van der Waals surface area contributed by atoms with Crippen LogP contribution in [-0.4, -0.2) is 44.6 Å². The van der Waals surface area contributed by atoms with Crippen molar-refractivity contribution in [2.45, 2.75) is 17.7 Å². The molecule has 0 amide bonds. The van der Waals surface area contributed by atoms with E-state index < -0.39 is 11.6 Å². The number of nitrogens with one attached hydrogen (secondary N) is 1. The standard InChI is InChI=1S/C12H14N2O4S/c1-12(17,10(15)16)6-19-11-13-8-4-3-7(18-2)5-9(8)14-11/h3-5,17H,6H2,1-2H3,(H,13,14)(H,15,16). The first kappa shape index (κ1) is 13.7. The third-order valence-corrected chi connectivity index (χ3v) is 3.79. The number of carboxylic acids is 1. The van der Waals surface area contributed by atoms with Crippen molar-refractivity contribution in [3.63, 3.8) is 0 Å². The first-order chi connectivity index (χ1) is 8.92. The van der Waals surface area contributed by atoms with Crippen LogP contribution < -0.4 is 4.74 Å². The molecule has 2 aromatic rings. The molecule has 102 valence electrons. The molecule has 0 spiro atoms. The quantitative estimate of drug-likeness (QED) is 0.719. The van der Waals surface area contributed by atoms with Crippen LogP contribution in [0.4, 0.5) is 0 Å². The van der Waals surface area contributed by atoms with E-state index in [1.54, 1.807) is 13.2 Å². The predicted molar refractivity (Wildman–Crippen MR) is 71.6 cm³/mol. The SMILES string of the molecule is COc1ccc2nc(SCC(C)(O)C(=O)O)[nH]c2c1. The second kappa shape index (κ2) is 5.10. The van der Waals surface area contributed by atoms with E-state index in [4.69, 9.17) is 9.84 Å². The minimum absolute atomic E-state index is 0.0132. The molecule has 1 aromatic carbocycles. The maximum Gasteiger partial charge on any atom is 0.336 e. The van der Waals surface area contributed by atoms with Gasteiger partial charge in [0.15, 0.2) is 10.8 Å². The van der Waals surface area contributed by atoms with E-state index in [0.29, 0.717) is 10.9 Å². The molecule has 0 bridgehead atoms. The number of benzene rings is 1. The summed E-state index contributed by atoms with van der Waals surface area (Å²) in [7, 11) is 1.58. The van der Waals surface area contributed by atoms with E-state index in [-0.39, 0.29) is 5.75 Å². The largest absolute Gasteiger partial charge is 0.497 e. The highest BCUT2D eigenvalue weighted by molar-refractivity contribution is 7.99. The van der Waals surface area contributed by atoms with Gasteiger partial charge in [0.2, 0.25) is 0 Å². The van der Waals surface area contributed by atoms with Gasteiger partial charge in [-0.2, -0.15) is 0 Å². The lowest BCUT2D eigenvalue weighted by atomic mass is 10.1. The number of imidazole rings is 1. The second-order valence-corrected chi connectivity index (χ2v) is 5.26. The van der Waals surface area contributed by atoms with Gasteiger partial charge in [0.25, 0.3) is 0 Å². The van der Waals surface area contributed by atoms with Crippen LogP contribution in [0.1, 0.15) is 6.92 Å². The van der Waals surface area contributed by atoms with Crippen LogP contribution in [0.3, 0.4) is 0 Å². The maximum absolute atomic E-state index is 10.8. The lowest BCUT2D eigenvalue weighted by molar-refractivity contribution is -0.154. The minimum atomic E-state index is -1.78. The summed E-state index contributed by atoms with van der Waals surface area (Å²) in [4.78, 5) is 18.1. The molecule has 7 heteroatoms. The van der Waals surface area contributed by atoms with Gasteiger partial charge in [0.05, 0.1) is 18.1 Å². The Balaban J connectivity index is 2.16. The number of rotatable bonds is 5. The molecular formula is C12H14N2O4S. The number of hydrogen-bond donors (Lipinski definition) is 3. The van der Waals surface area contributed by atoms with Crippen molar-refractivity contribution in [1.29, 1.82) is 0 Å². The number of carbonyl (C=O) groups is 1. The summed E-state index contributed by atoms with van der Waals surface area (Å²) in [5, 5.41) is 19.0. The number of carboxylic acid groups (broad SMARTS) is 1. The van der Waals surface area contributed by atoms with E-state index in [9.17, 15) is 9.90 Å². The summed E-state index contributed by atoms with van der Waals surface area (Å²) >= 11 is 1.16. The zero-order valence-corrected chi connectivity index (χ0v) is 11.3. The fourth-order valence-corrected chi connectivity index (χ4v) is 2.32. The topological polar surface area (TPSA) is 95.4 Å². The zero-order chi connectivity index (χ0) is 14.0. The van der Waals surface area contributed by atoms with E-state index in [1.807, 2.05) is 12.1 Å². The van der Waals surface area contributed by atoms with Crippen LogP contribution in [0.5, 0.6) is 5.75 Å². The van der Waals surface area contributed by atoms with Crippen LogP contribution >= 0.6 is 11.8 Å². The van der Waals surface area contributed by atoms with Crippen LogP contribution in [0, 0.1) is 0 Å². The van der Waals surface area contributed by atoms with Crippen LogP contribution in [0.25, 0.3) is 11.0 Å². The van der Waals surface area contributed by atoms with Gasteiger partial charge in [-0.1, -0.05) is 11.8 Å². The molecule has 19 heavy (non-hydrogen) atoms. The Morgan fingerprint density at radius 1 is 1.58 bits per heavy atom. The molecule has 3 N–H and O–H groups in total. The van der Waals surface area contributed by atoms with Crippen molar-refractivity contribution in [3.05, 3.63) is 18.2 Å². The number of thioether (sulfide) groups is 1.